The Morgan fingerprint density at radius 1 is 0.466 bits per heavy atom. The molecule has 0 saturated heterocycles. The third-order valence-corrected chi connectivity index (χ3v) is 30.5. The molecule has 2 aliphatic carbocycles. The minimum atomic E-state index is -4.16. The molecule has 0 amide bonds. The van der Waals surface area contributed by atoms with Gasteiger partial charge in [-0.1, -0.05) is 0 Å². The zero-order valence-electron chi connectivity index (χ0n) is 34.0. The van der Waals surface area contributed by atoms with E-state index in [1.165, 1.54) is 98.7 Å². The maximum Gasteiger partial charge on any atom is -0.147 e. The Bertz CT molecular complexity index is 2850. The second kappa shape index (κ2) is 15.5. The van der Waals surface area contributed by atoms with Crippen LogP contribution in [0.2, 0.25) is 9.26 Å². The number of allylic oxidation sites excluding steroid dienone is 2. The Kier molecular flexibility index (Phi) is 10.9. The molecule has 0 radical (unpaired) electrons. The average Bonchev–Trinajstić information content (AvgIpc) is 3.81. The fourth-order valence-electron chi connectivity index (χ4n) is 11.1. The van der Waals surface area contributed by atoms with Crippen molar-refractivity contribution in [2.24, 2.45) is 0 Å². The Morgan fingerprint density at radius 2 is 0.845 bits per heavy atom. The molecule has 0 aliphatic heterocycles. The van der Waals surface area contributed by atoms with Gasteiger partial charge in [-0.2, -0.15) is 0 Å². The van der Waals surface area contributed by atoms with Crippen molar-refractivity contribution in [1.29, 1.82) is 0 Å². The number of hydrogen-bond acceptors (Lipinski definition) is 0. The van der Waals surface area contributed by atoms with Crippen LogP contribution in [-0.2, 0) is 30.2 Å². The maximum absolute atomic E-state index is 4.16. The molecule has 0 heterocycles. The summed E-state index contributed by atoms with van der Waals surface area (Å²) in [5.74, 6) is 0. The van der Waals surface area contributed by atoms with Gasteiger partial charge in [0, 0.05) is 0 Å². The molecule has 0 N–H and O–H groups in total. The van der Waals surface area contributed by atoms with Crippen LogP contribution in [0.3, 0.4) is 0 Å². The summed E-state index contributed by atoms with van der Waals surface area (Å²) < 4.78 is 6.30. The fourth-order valence-corrected chi connectivity index (χ4v) is 29.6. The molecule has 0 aromatic heterocycles. The normalized spacial score (nSPS) is 16.2. The zero-order valence-corrected chi connectivity index (χ0v) is 39.5. The molecular weight excluding hydrogens is 839 g/mol. The van der Waals surface area contributed by atoms with Crippen LogP contribution in [-0.4, -0.2) is 6.88 Å². The van der Waals surface area contributed by atoms with Gasteiger partial charge in [-0.25, -0.2) is 0 Å². The van der Waals surface area contributed by atoms with Crippen LogP contribution in [0.1, 0.15) is 78.4 Å². The number of aryl methyl sites for hydroxylation is 2. The average molecular weight is 891 g/mol. The van der Waals surface area contributed by atoms with Gasteiger partial charge < -0.3 is 0 Å². The van der Waals surface area contributed by atoms with Gasteiger partial charge in [-0.3, -0.25) is 0 Å². The smallest absolute Gasteiger partial charge is 0.147 e. The van der Waals surface area contributed by atoms with Crippen molar-refractivity contribution >= 4 is 98.1 Å². The van der Waals surface area contributed by atoms with Gasteiger partial charge in [0.15, 0.2) is 0 Å². The SMILES string of the molecule is CCCc1cc(C2=Cc3ccccc3[CH]2[Zr]([CH3])([CH3])(=[SiH2])[CH]2C(c3cc(CCC)cc4ccc5ccccc5c34)=Cc3ccccc32)c2c(ccc3ccccc32)c1.Cl.Cl. The second-order valence-corrected chi connectivity index (χ2v) is 48.3. The first kappa shape index (κ1) is 40.7. The van der Waals surface area contributed by atoms with E-state index in [1.807, 2.05) is 0 Å². The molecule has 58 heavy (non-hydrogen) atoms. The van der Waals surface area contributed by atoms with Gasteiger partial charge >= 0.3 is 337 Å². The fraction of sp³-hybridized carbons (Fsp3) is 0.185. The number of halogens is 2. The van der Waals surface area contributed by atoms with Crippen molar-refractivity contribution in [1.82, 2.24) is 0 Å². The summed E-state index contributed by atoms with van der Waals surface area (Å²) in [6.45, 7) is 7.10. The Balaban J connectivity index is 0.00000235. The monoisotopic (exact) mass is 888 g/mol. The minimum Gasteiger partial charge on any atom is -0.147 e. The van der Waals surface area contributed by atoms with E-state index >= 15 is 0 Å². The third-order valence-electron chi connectivity index (χ3n) is 13.3. The van der Waals surface area contributed by atoms with Gasteiger partial charge in [-0.05, 0) is 0 Å². The molecule has 0 bridgehead atoms. The van der Waals surface area contributed by atoms with Crippen LogP contribution < -0.4 is 0 Å². The first-order valence-electron chi connectivity index (χ1n) is 20.8. The van der Waals surface area contributed by atoms with Gasteiger partial charge in [0.05, 0.1) is 0 Å². The molecule has 0 saturated carbocycles. The molecule has 0 nitrogen and oxygen atoms in total. The van der Waals surface area contributed by atoms with Crippen molar-refractivity contribution in [3.05, 3.63) is 190 Å². The molecule has 10 rings (SSSR count). The summed E-state index contributed by atoms with van der Waals surface area (Å²) in [6.07, 6.45) is 9.65. The van der Waals surface area contributed by atoms with E-state index in [2.05, 4.69) is 188 Å². The van der Waals surface area contributed by atoms with Crippen molar-refractivity contribution < 1.29 is 17.4 Å². The third kappa shape index (κ3) is 6.51. The van der Waals surface area contributed by atoms with Crippen LogP contribution in [0.4, 0.5) is 0 Å². The zero-order chi connectivity index (χ0) is 38.2. The Labute approximate surface area is 358 Å². The summed E-state index contributed by atoms with van der Waals surface area (Å²) in [4.78, 5) is 0. The van der Waals surface area contributed by atoms with Crippen molar-refractivity contribution in [3.63, 3.8) is 0 Å². The van der Waals surface area contributed by atoms with E-state index in [1.54, 1.807) is 0 Å². The van der Waals surface area contributed by atoms with E-state index in [9.17, 15) is 0 Å². The Morgan fingerprint density at radius 3 is 1.28 bits per heavy atom. The van der Waals surface area contributed by atoms with Crippen LogP contribution in [0.25, 0.3) is 66.4 Å². The van der Waals surface area contributed by atoms with Crippen LogP contribution in [0.5, 0.6) is 0 Å². The summed E-state index contributed by atoms with van der Waals surface area (Å²) in [5, 5.41) is 10.9. The minimum absolute atomic E-state index is 0. The van der Waals surface area contributed by atoms with E-state index < -0.39 is 17.4 Å². The molecule has 0 fully saturated rings. The van der Waals surface area contributed by atoms with E-state index in [0.717, 1.165) is 25.7 Å². The van der Waals surface area contributed by atoms with Crippen molar-refractivity contribution in [2.75, 3.05) is 0 Å². The number of benzene rings is 8. The van der Waals surface area contributed by atoms with E-state index in [4.69, 9.17) is 0 Å². The first-order valence-corrected chi connectivity index (χ1v) is 34.5. The van der Waals surface area contributed by atoms with Crippen LogP contribution in [0, 0.1) is 0 Å². The van der Waals surface area contributed by atoms with Crippen LogP contribution in [0.15, 0.2) is 146 Å². The van der Waals surface area contributed by atoms with Crippen molar-refractivity contribution in [2.45, 2.75) is 56.0 Å². The largest absolute Gasteiger partial charge is 0.147 e. The Hall–Kier alpha value is -4.04. The molecule has 2 unspecified atom stereocenters. The summed E-state index contributed by atoms with van der Waals surface area (Å²) in [5.41, 5.74) is 14.7. The molecule has 2 aliphatic rings. The predicted octanol–water partition coefficient (Wildman–Crippen LogP) is 15.3. The molecule has 4 heteroatoms. The second-order valence-electron chi connectivity index (χ2n) is 17.8. The van der Waals surface area contributed by atoms with Gasteiger partial charge in [0.2, 0.25) is 0 Å². The standard InChI is InChI=1S/2C26H21.2CH3.2ClH.H2Si.Zr/c2*1-2-7-18-14-22-13-12-19-8-5-6-11-24(19)26(22)25(15-18)23-16-20-9-3-4-10-21(20)17-23;;;;;;/h2*3-6,8-17H,2,7H2,1H3;2*1H3;2*1H;1H2;. The summed E-state index contributed by atoms with van der Waals surface area (Å²) >= 11 is -4.16. The number of hydrogen-bond donors (Lipinski definition) is 0. The van der Waals surface area contributed by atoms with Gasteiger partial charge in [0.1, 0.15) is 0 Å². The molecule has 8 aromatic carbocycles. The van der Waals surface area contributed by atoms with Gasteiger partial charge in [0.25, 0.3) is 0 Å². The molecule has 2 atom stereocenters. The summed E-state index contributed by atoms with van der Waals surface area (Å²) in [7, 11) is 0. The molecule has 8 aromatic rings. The maximum atomic E-state index is 2.81. The quantitative estimate of drug-likeness (QED) is 0.105. The van der Waals surface area contributed by atoms with Crippen molar-refractivity contribution in [3.8, 4) is 0 Å². The number of fused-ring (bicyclic) bond motifs is 8. The topological polar surface area (TPSA) is 0 Å². The predicted molar refractivity (Wildman–Crippen MR) is 260 cm³/mol. The van der Waals surface area contributed by atoms with Crippen LogP contribution >= 0.6 is 24.8 Å². The summed E-state index contributed by atoms with van der Waals surface area (Å²) in [6, 6.07) is 56.4. The molecule has 0 spiro atoms. The first-order chi connectivity index (χ1) is 27.2. The number of rotatable bonds is 8. The molecule has 290 valence electrons. The van der Waals surface area contributed by atoms with E-state index in [0.29, 0.717) is 7.25 Å². The van der Waals surface area contributed by atoms with E-state index in [-0.39, 0.29) is 24.8 Å². The molecular formula is C54H52Cl2SiZr. The van der Waals surface area contributed by atoms with Gasteiger partial charge in [-0.15, -0.1) is 24.8 Å².